The lowest BCUT2D eigenvalue weighted by molar-refractivity contribution is 0.0595. The molecule has 5 nitrogen and oxygen atoms in total. The molecule has 6 rings (SSSR count). The number of pyridine rings is 1. The maximum absolute atomic E-state index is 13.4. The van der Waals surface area contributed by atoms with Crippen LogP contribution in [0.15, 0.2) is 83.7 Å². The molecule has 176 valence electrons. The van der Waals surface area contributed by atoms with Gasteiger partial charge in [-0.05, 0) is 65.1 Å². The van der Waals surface area contributed by atoms with Crippen molar-refractivity contribution < 1.29 is 9.18 Å². The number of carbonyl (C=O) groups is 1. The van der Waals surface area contributed by atoms with E-state index in [9.17, 15) is 14.0 Å². The first-order valence-electron chi connectivity index (χ1n) is 12.1. The van der Waals surface area contributed by atoms with Crippen LogP contribution in [-0.2, 0) is 13.1 Å². The Morgan fingerprint density at radius 2 is 1.71 bits per heavy atom. The molecule has 1 aromatic heterocycles. The topological polar surface area (TPSA) is 54.3 Å². The number of likely N-dealkylation sites (tertiary alicyclic amines) is 1. The second kappa shape index (κ2) is 8.69. The van der Waals surface area contributed by atoms with Gasteiger partial charge in [0, 0.05) is 43.4 Å². The molecule has 1 fully saturated rings. The summed E-state index contributed by atoms with van der Waals surface area (Å²) in [6.45, 7) is 2.33. The van der Waals surface area contributed by atoms with Crippen molar-refractivity contribution in [1.82, 2.24) is 9.47 Å². The van der Waals surface area contributed by atoms with E-state index >= 15 is 0 Å². The normalized spacial score (nSPS) is 18.8. The fourth-order valence-electron chi connectivity index (χ4n) is 5.55. The van der Waals surface area contributed by atoms with Crippen molar-refractivity contribution in [2.24, 2.45) is 5.92 Å². The number of nitrogens with one attached hydrogen (secondary N) is 1. The minimum atomic E-state index is -0.276. The summed E-state index contributed by atoms with van der Waals surface area (Å²) < 4.78 is 15.0. The highest BCUT2D eigenvalue weighted by atomic mass is 19.1. The number of anilines is 1. The van der Waals surface area contributed by atoms with Crippen molar-refractivity contribution >= 4 is 22.4 Å². The van der Waals surface area contributed by atoms with Gasteiger partial charge in [0.2, 0.25) is 0 Å². The third kappa shape index (κ3) is 4.09. The van der Waals surface area contributed by atoms with Crippen LogP contribution in [0.4, 0.5) is 10.1 Å². The summed E-state index contributed by atoms with van der Waals surface area (Å²) in [4.78, 5) is 28.6. The van der Waals surface area contributed by atoms with E-state index in [0.29, 0.717) is 37.4 Å². The van der Waals surface area contributed by atoms with Crippen molar-refractivity contribution in [3.05, 3.63) is 112 Å². The first-order valence-corrected chi connectivity index (χ1v) is 12.1. The molecule has 3 heterocycles. The Balaban J connectivity index is 1.21. The number of hydrogen-bond donors (Lipinski definition) is 1. The lowest BCUT2D eigenvalue weighted by Crippen LogP contribution is -2.49. The van der Waals surface area contributed by atoms with E-state index in [-0.39, 0.29) is 29.1 Å². The molecule has 0 saturated carbocycles. The van der Waals surface area contributed by atoms with Gasteiger partial charge in [0.15, 0.2) is 0 Å². The van der Waals surface area contributed by atoms with Crippen LogP contribution < -0.4 is 10.9 Å². The van der Waals surface area contributed by atoms with Gasteiger partial charge in [0.05, 0.1) is 0 Å². The van der Waals surface area contributed by atoms with Crippen LogP contribution in [0.25, 0.3) is 10.8 Å². The molecular formula is C29H26FN3O2. The van der Waals surface area contributed by atoms with Crippen LogP contribution in [0.2, 0.25) is 0 Å². The van der Waals surface area contributed by atoms with Gasteiger partial charge in [0.1, 0.15) is 11.5 Å². The van der Waals surface area contributed by atoms with Crippen molar-refractivity contribution in [2.45, 2.75) is 25.4 Å². The Labute approximate surface area is 202 Å². The van der Waals surface area contributed by atoms with E-state index in [1.165, 1.54) is 12.1 Å². The van der Waals surface area contributed by atoms with Crippen LogP contribution in [0, 0.1) is 11.7 Å². The molecule has 2 aliphatic rings. The summed E-state index contributed by atoms with van der Waals surface area (Å²) in [7, 11) is 0. The highest BCUT2D eigenvalue weighted by molar-refractivity contribution is 5.98. The number of fused-ring (bicyclic) bond motifs is 5. The van der Waals surface area contributed by atoms with Gasteiger partial charge in [-0.1, -0.05) is 42.5 Å². The Morgan fingerprint density at radius 1 is 0.914 bits per heavy atom. The summed E-state index contributed by atoms with van der Waals surface area (Å²) in [6.07, 6.45) is 0.989. The molecular weight excluding hydrogens is 441 g/mol. The molecule has 1 amide bonds. The number of nitrogens with zero attached hydrogens (tertiary/aromatic N) is 2. The monoisotopic (exact) mass is 467 g/mol. The van der Waals surface area contributed by atoms with Crippen LogP contribution in [-0.4, -0.2) is 28.5 Å². The van der Waals surface area contributed by atoms with Crippen molar-refractivity contribution in [3.8, 4) is 0 Å². The SMILES string of the molecule is O=C(c1ccc2ccccc2c1)N1CC2CC(C1)c1ccc(NCc3ccc(F)cc3)c(=O)n1C2. The van der Waals surface area contributed by atoms with Gasteiger partial charge in [-0.3, -0.25) is 9.59 Å². The van der Waals surface area contributed by atoms with Crippen LogP contribution in [0.1, 0.15) is 34.0 Å². The van der Waals surface area contributed by atoms with E-state index in [0.717, 1.165) is 28.5 Å². The van der Waals surface area contributed by atoms with Gasteiger partial charge in [0.25, 0.3) is 11.5 Å². The number of piperidine rings is 1. The molecule has 0 aliphatic carbocycles. The first kappa shape index (κ1) is 21.6. The molecule has 2 bridgehead atoms. The predicted octanol–water partition coefficient (Wildman–Crippen LogP) is 5.01. The maximum atomic E-state index is 13.4. The van der Waals surface area contributed by atoms with E-state index in [1.807, 2.05) is 64.1 Å². The predicted molar refractivity (Wildman–Crippen MR) is 135 cm³/mol. The number of amides is 1. The fraction of sp³-hybridized carbons (Fsp3) is 0.241. The van der Waals surface area contributed by atoms with Gasteiger partial charge in [-0.2, -0.15) is 0 Å². The Kier molecular flexibility index (Phi) is 5.36. The largest absolute Gasteiger partial charge is 0.377 e. The number of halogens is 1. The van der Waals surface area contributed by atoms with E-state index in [4.69, 9.17) is 0 Å². The standard InChI is InChI=1S/C29H26FN3O2/c30-25-9-5-19(6-10-25)15-31-26-11-12-27-24-13-20(17-33(27)29(26)35)16-32(18-24)28(34)23-8-7-21-3-1-2-4-22(21)14-23/h1-12,14,20,24,31H,13,15-18H2. The summed E-state index contributed by atoms with van der Waals surface area (Å²) >= 11 is 0. The Morgan fingerprint density at radius 3 is 2.54 bits per heavy atom. The Bertz CT molecular complexity index is 1480. The molecule has 0 radical (unpaired) electrons. The van der Waals surface area contributed by atoms with E-state index in [1.54, 1.807) is 12.1 Å². The summed E-state index contributed by atoms with van der Waals surface area (Å²) in [5.74, 6) is 0.169. The minimum Gasteiger partial charge on any atom is -0.377 e. The smallest absolute Gasteiger partial charge is 0.274 e. The number of aromatic nitrogens is 1. The summed E-state index contributed by atoms with van der Waals surface area (Å²) in [5.41, 5.74) is 3.12. The minimum absolute atomic E-state index is 0.0337. The molecule has 2 aliphatic heterocycles. The molecule has 1 N–H and O–H groups in total. The molecule has 1 saturated heterocycles. The third-order valence-corrected chi connectivity index (χ3v) is 7.28. The second-order valence-electron chi connectivity index (χ2n) is 9.64. The van der Waals surface area contributed by atoms with Gasteiger partial charge < -0.3 is 14.8 Å². The lowest BCUT2D eigenvalue weighted by Gasteiger charge is -2.43. The summed E-state index contributed by atoms with van der Waals surface area (Å²) in [6, 6.07) is 24.1. The average molecular weight is 468 g/mol. The highest BCUT2D eigenvalue weighted by Gasteiger charge is 2.37. The van der Waals surface area contributed by atoms with Gasteiger partial charge >= 0.3 is 0 Å². The van der Waals surface area contributed by atoms with Crippen molar-refractivity contribution in [2.75, 3.05) is 18.4 Å². The molecule has 35 heavy (non-hydrogen) atoms. The zero-order valence-electron chi connectivity index (χ0n) is 19.3. The quantitative estimate of drug-likeness (QED) is 0.459. The van der Waals surface area contributed by atoms with Crippen LogP contribution >= 0.6 is 0 Å². The van der Waals surface area contributed by atoms with Crippen molar-refractivity contribution in [1.29, 1.82) is 0 Å². The molecule has 2 unspecified atom stereocenters. The molecule has 0 spiro atoms. The number of rotatable bonds is 4. The zero-order chi connectivity index (χ0) is 23.9. The van der Waals surface area contributed by atoms with E-state index < -0.39 is 0 Å². The van der Waals surface area contributed by atoms with Crippen LogP contribution in [0.5, 0.6) is 0 Å². The van der Waals surface area contributed by atoms with Crippen LogP contribution in [0.3, 0.4) is 0 Å². The highest BCUT2D eigenvalue weighted by Crippen LogP contribution is 2.36. The first-order chi connectivity index (χ1) is 17.0. The fourth-order valence-corrected chi connectivity index (χ4v) is 5.55. The Hall–Kier alpha value is -3.93. The second-order valence-corrected chi connectivity index (χ2v) is 9.64. The number of carbonyl (C=O) groups excluding carboxylic acids is 1. The molecule has 2 atom stereocenters. The van der Waals surface area contributed by atoms with Gasteiger partial charge in [-0.15, -0.1) is 0 Å². The number of hydrogen-bond acceptors (Lipinski definition) is 3. The summed E-state index contributed by atoms with van der Waals surface area (Å²) in [5, 5.41) is 5.39. The van der Waals surface area contributed by atoms with Crippen molar-refractivity contribution in [3.63, 3.8) is 0 Å². The lowest BCUT2D eigenvalue weighted by atomic mass is 9.83. The number of benzene rings is 3. The third-order valence-electron chi connectivity index (χ3n) is 7.28. The molecule has 6 heteroatoms. The average Bonchev–Trinajstić information content (AvgIpc) is 2.89. The molecule has 4 aromatic rings. The maximum Gasteiger partial charge on any atom is 0.274 e. The van der Waals surface area contributed by atoms with E-state index in [2.05, 4.69) is 5.32 Å². The zero-order valence-corrected chi connectivity index (χ0v) is 19.3. The van der Waals surface area contributed by atoms with Gasteiger partial charge in [-0.25, -0.2) is 4.39 Å². The molecule has 3 aromatic carbocycles.